The van der Waals surface area contributed by atoms with Gasteiger partial charge < -0.3 is 5.73 Å². The smallest absolute Gasteiger partial charge is 0.150 e. The van der Waals surface area contributed by atoms with Crippen LogP contribution in [0.25, 0.3) is 0 Å². The Morgan fingerprint density at radius 3 is 2.19 bits per heavy atom. The van der Waals surface area contributed by atoms with Crippen molar-refractivity contribution >= 4 is 9.84 Å². The Balaban J connectivity index is 2.08. The molecule has 1 aliphatic heterocycles. The van der Waals surface area contributed by atoms with Crippen LogP contribution >= 0.6 is 0 Å². The molecule has 2 N–H and O–H groups in total. The topological polar surface area (TPSA) is 60.2 Å². The van der Waals surface area contributed by atoms with E-state index in [0.29, 0.717) is 24.0 Å². The molecule has 4 heteroatoms. The van der Waals surface area contributed by atoms with Crippen LogP contribution < -0.4 is 5.73 Å². The first-order valence-electron chi connectivity index (χ1n) is 5.60. The standard InChI is InChI=1S/C12H17NO2S/c13-9-10-1-3-11(4-2-10)12-5-7-16(14,15)8-6-12/h1-4,12H,5-9,13H2. The summed E-state index contributed by atoms with van der Waals surface area (Å²) in [7, 11) is -2.76. The minimum absolute atomic E-state index is 0.330. The summed E-state index contributed by atoms with van der Waals surface area (Å²) in [4.78, 5) is 0. The zero-order valence-electron chi connectivity index (χ0n) is 9.22. The summed E-state index contributed by atoms with van der Waals surface area (Å²) in [6, 6.07) is 8.20. The second-order valence-corrected chi connectivity index (χ2v) is 6.68. The van der Waals surface area contributed by atoms with E-state index in [0.717, 1.165) is 18.4 Å². The summed E-state index contributed by atoms with van der Waals surface area (Å²) >= 11 is 0. The maximum absolute atomic E-state index is 11.3. The van der Waals surface area contributed by atoms with E-state index in [9.17, 15) is 8.42 Å². The molecule has 0 amide bonds. The molecule has 1 aliphatic rings. The molecule has 0 radical (unpaired) electrons. The maximum atomic E-state index is 11.3. The molecule has 1 aromatic rings. The van der Waals surface area contributed by atoms with Crippen LogP contribution in [-0.2, 0) is 16.4 Å². The molecule has 0 unspecified atom stereocenters. The van der Waals surface area contributed by atoms with Crippen molar-refractivity contribution in [3.8, 4) is 0 Å². The van der Waals surface area contributed by atoms with Crippen molar-refractivity contribution in [2.75, 3.05) is 11.5 Å². The van der Waals surface area contributed by atoms with E-state index < -0.39 is 9.84 Å². The summed E-state index contributed by atoms with van der Waals surface area (Å²) in [6.07, 6.45) is 1.51. The lowest BCUT2D eigenvalue weighted by Crippen LogP contribution is -2.22. The highest BCUT2D eigenvalue weighted by Gasteiger charge is 2.24. The molecule has 1 saturated heterocycles. The summed E-state index contributed by atoms with van der Waals surface area (Å²) in [5.41, 5.74) is 7.90. The predicted octanol–water partition coefficient (Wildman–Crippen LogP) is 1.44. The molecule has 16 heavy (non-hydrogen) atoms. The van der Waals surface area contributed by atoms with E-state index in [-0.39, 0.29) is 0 Å². The Bertz CT molecular complexity index is 436. The fourth-order valence-electron chi connectivity index (χ4n) is 2.15. The third kappa shape index (κ3) is 2.62. The quantitative estimate of drug-likeness (QED) is 0.849. The van der Waals surface area contributed by atoms with E-state index in [2.05, 4.69) is 12.1 Å². The molecule has 0 spiro atoms. The van der Waals surface area contributed by atoms with Gasteiger partial charge in [0.2, 0.25) is 0 Å². The fraction of sp³-hybridized carbons (Fsp3) is 0.500. The number of hydrogen-bond donors (Lipinski definition) is 1. The Morgan fingerprint density at radius 2 is 1.69 bits per heavy atom. The van der Waals surface area contributed by atoms with Crippen molar-refractivity contribution in [1.82, 2.24) is 0 Å². The molecule has 1 fully saturated rings. The van der Waals surface area contributed by atoms with Gasteiger partial charge in [0.05, 0.1) is 11.5 Å². The number of benzene rings is 1. The van der Waals surface area contributed by atoms with Gasteiger partial charge >= 0.3 is 0 Å². The van der Waals surface area contributed by atoms with E-state index in [1.807, 2.05) is 12.1 Å². The van der Waals surface area contributed by atoms with Crippen LogP contribution in [0.3, 0.4) is 0 Å². The highest BCUT2D eigenvalue weighted by atomic mass is 32.2. The van der Waals surface area contributed by atoms with Gasteiger partial charge in [-0.3, -0.25) is 0 Å². The van der Waals surface area contributed by atoms with Crippen molar-refractivity contribution in [3.63, 3.8) is 0 Å². The van der Waals surface area contributed by atoms with E-state index >= 15 is 0 Å². The van der Waals surface area contributed by atoms with Crippen molar-refractivity contribution in [2.24, 2.45) is 5.73 Å². The number of rotatable bonds is 2. The second-order valence-electron chi connectivity index (χ2n) is 4.37. The first-order valence-corrected chi connectivity index (χ1v) is 7.42. The van der Waals surface area contributed by atoms with Crippen LogP contribution in [0.1, 0.15) is 29.9 Å². The normalized spacial score (nSPS) is 20.8. The van der Waals surface area contributed by atoms with Crippen molar-refractivity contribution < 1.29 is 8.42 Å². The van der Waals surface area contributed by atoms with Crippen LogP contribution in [0.4, 0.5) is 0 Å². The maximum Gasteiger partial charge on any atom is 0.150 e. The van der Waals surface area contributed by atoms with E-state index in [1.54, 1.807) is 0 Å². The van der Waals surface area contributed by atoms with Crippen LogP contribution in [0.2, 0.25) is 0 Å². The Hall–Kier alpha value is -0.870. The zero-order chi connectivity index (χ0) is 11.6. The molecular weight excluding hydrogens is 222 g/mol. The molecule has 1 aromatic carbocycles. The number of hydrogen-bond acceptors (Lipinski definition) is 3. The van der Waals surface area contributed by atoms with Crippen LogP contribution in [0.5, 0.6) is 0 Å². The predicted molar refractivity (Wildman–Crippen MR) is 65.0 cm³/mol. The van der Waals surface area contributed by atoms with Gasteiger partial charge in [-0.05, 0) is 29.9 Å². The average Bonchev–Trinajstić information content (AvgIpc) is 2.29. The Labute approximate surface area is 96.6 Å². The summed E-state index contributed by atoms with van der Waals surface area (Å²) in [5, 5.41) is 0. The summed E-state index contributed by atoms with van der Waals surface area (Å²) in [5.74, 6) is 1.06. The second kappa shape index (κ2) is 4.55. The molecule has 0 atom stereocenters. The van der Waals surface area contributed by atoms with Gasteiger partial charge in [-0.2, -0.15) is 0 Å². The zero-order valence-corrected chi connectivity index (χ0v) is 10.0. The fourth-order valence-corrected chi connectivity index (χ4v) is 3.64. The molecule has 0 aliphatic carbocycles. The third-order valence-corrected chi connectivity index (χ3v) is 4.96. The largest absolute Gasteiger partial charge is 0.326 e. The monoisotopic (exact) mass is 239 g/mol. The SMILES string of the molecule is NCc1ccc(C2CCS(=O)(=O)CC2)cc1. The number of nitrogens with two attached hydrogens (primary N) is 1. The van der Waals surface area contributed by atoms with E-state index in [1.165, 1.54) is 5.56 Å². The Kier molecular flexibility index (Phi) is 3.30. The number of sulfone groups is 1. The van der Waals surface area contributed by atoms with Crippen molar-refractivity contribution in [1.29, 1.82) is 0 Å². The van der Waals surface area contributed by atoms with Gasteiger partial charge in [-0.1, -0.05) is 24.3 Å². The van der Waals surface area contributed by atoms with Gasteiger partial charge in [-0.25, -0.2) is 8.42 Å². The minimum atomic E-state index is -2.76. The first-order chi connectivity index (χ1) is 7.61. The van der Waals surface area contributed by atoms with Gasteiger partial charge in [-0.15, -0.1) is 0 Å². The summed E-state index contributed by atoms with van der Waals surface area (Å²) in [6.45, 7) is 0.555. The third-order valence-electron chi connectivity index (χ3n) is 3.24. The first kappa shape index (κ1) is 11.6. The van der Waals surface area contributed by atoms with Crippen LogP contribution in [-0.4, -0.2) is 19.9 Å². The molecule has 3 nitrogen and oxygen atoms in total. The van der Waals surface area contributed by atoms with Crippen LogP contribution in [0.15, 0.2) is 24.3 Å². The molecule has 0 saturated carbocycles. The molecule has 88 valence electrons. The highest BCUT2D eigenvalue weighted by Crippen LogP contribution is 2.29. The lowest BCUT2D eigenvalue weighted by atomic mass is 9.93. The Morgan fingerprint density at radius 1 is 1.12 bits per heavy atom. The van der Waals surface area contributed by atoms with Gasteiger partial charge in [0.1, 0.15) is 9.84 Å². The van der Waals surface area contributed by atoms with Gasteiger partial charge in [0.15, 0.2) is 0 Å². The van der Waals surface area contributed by atoms with Crippen molar-refractivity contribution in [3.05, 3.63) is 35.4 Å². The molecule has 0 aromatic heterocycles. The highest BCUT2D eigenvalue weighted by molar-refractivity contribution is 7.91. The summed E-state index contributed by atoms with van der Waals surface area (Å²) < 4.78 is 22.6. The molecular formula is C12H17NO2S. The average molecular weight is 239 g/mol. The van der Waals surface area contributed by atoms with Gasteiger partial charge in [0.25, 0.3) is 0 Å². The lowest BCUT2D eigenvalue weighted by molar-refractivity contribution is 0.550. The van der Waals surface area contributed by atoms with Crippen molar-refractivity contribution in [2.45, 2.75) is 25.3 Å². The molecule has 2 rings (SSSR count). The van der Waals surface area contributed by atoms with Crippen LogP contribution in [0, 0.1) is 0 Å². The molecule has 1 heterocycles. The minimum Gasteiger partial charge on any atom is -0.326 e. The van der Waals surface area contributed by atoms with E-state index in [4.69, 9.17) is 5.73 Å². The lowest BCUT2D eigenvalue weighted by Gasteiger charge is -2.22. The molecule has 0 bridgehead atoms. The van der Waals surface area contributed by atoms with Gasteiger partial charge in [0, 0.05) is 6.54 Å².